The molecule has 1 amide bonds. The molecule has 6 heteroatoms. The van der Waals surface area contributed by atoms with Gasteiger partial charge in [0.05, 0.1) is 5.69 Å². The Morgan fingerprint density at radius 3 is 2.63 bits per heavy atom. The number of carbonyl (C=O) groups is 1. The van der Waals surface area contributed by atoms with Crippen molar-refractivity contribution in [3.8, 4) is 0 Å². The summed E-state index contributed by atoms with van der Waals surface area (Å²) in [7, 11) is 1.74. The summed E-state index contributed by atoms with van der Waals surface area (Å²) in [5.74, 6) is 0.328. The average molecular weight is 321 g/mol. The van der Waals surface area contributed by atoms with Gasteiger partial charge in [-0.25, -0.2) is 0 Å². The van der Waals surface area contributed by atoms with Gasteiger partial charge in [-0.1, -0.05) is 6.07 Å². The van der Waals surface area contributed by atoms with E-state index in [4.69, 9.17) is 0 Å². The van der Waals surface area contributed by atoms with Gasteiger partial charge in [0.25, 0.3) is 5.91 Å². The Bertz CT molecular complexity index is 598. The van der Waals surface area contributed by atoms with Gasteiger partial charge in [0.15, 0.2) is 5.69 Å². The Kier molecular flexibility index (Phi) is 4.11. The van der Waals surface area contributed by atoms with Gasteiger partial charge >= 0.3 is 0 Å². The molecule has 0 atom stereocenters. The van der Waals surface area contributed by atoms with E-state index >= 15 is 0 Å². The Hall–Kier alpha value is -1.95. The predicted octanol–water partition coefficient (Wildman–Crippen LogP) is 2.84. The number of nitrogens with one attached hydrogen (secondary N) is 2. The molecule has 0 fully saturated rings. The molecule has 1 aromatic heterocycles. The normalized spacial score (nSPS) is 10.1. The number of hydrogen-bond acceptors (Lipinski definition) is 4. The van der Waals surface area contributed by atoms with Gasteiger partial charge in [0.2, 0.25) is 0 Å². The van der Waals surface area contributed by atoms with E-state index in [0.717, 1.165) is 10.0 Å². The summed E-state index contributed by atoms with van der Waals surface area (Å²) in [6.45, 7) is 1.96. The molecule has 5 nitrogen and oxygen atoms in total. The maximum absolute atomic E-state index is 12.0. The van der Waals surface area contributed by atoms with Crippen LogP contribution in [0, 0.1) is 6.92 Å². The number of benzene rings is 1. The first-order valence-corrected chi connectivity index (χ1v) is 6.48. The van der Waals surface area contributed by atoms with Crippen LogP contribution in [0.2, 0.25) is 0 Å². The van der Waals surface area contributed by atoms with Crippen LogP contribution in [0.25, 0.3) is 0 Å². The number of halogens is 1. The predicted molar refractivity (Wildman–Crippen MR) is 78.4 cm³/mol. The second-order valence-corrected chi connectivity index (χ2v) is 4.85. The van der Waals surface area contributed by atoms with E-state index in [1.54, 1.807) is 19.2 Å². The Morgan fingerprint density at radius 1 is 1.21 bits per heavy atom. The van der Waals surface area contributed by atoms with Crippen LogP contribution in [0.3, 0.4) is 0 Å². The van der Waals surface area contributed by atoms with E-state index in [9.17, 15) is 4.79 Å². The third kappa shape index (κ3) is 3.29. The van der Waals surface area contributed by atoms with E-state index in [1.165, 1.54) is 0 Å². The molecule has 19 heavy (non-hydrogen) atoms. The lowest BCUT2D eigenvalue weighted by molar-refractivity contribution is 0.102. The molecule has 0 radical (unpaired) electrons. The molecule has 2 N–H and O–H groups in total. The first kappa shape index (κ1) is 13.5. The van der Waals surface area contributed by atoms with Gasteiger partial charge in [0, 0.05) is 11.5 Å². The lowest BCUT2D eigenvalue weighted by atomic mass is 10.2. The largest absolute Gasteiger partial charge is 0.372 e. The smallest absolute Gasteiger partial charge is 0.276 e. The number of anilines is 2. The molecular weight excluding hydrogens is 308 g/mol. The zero-order valence-corrected chi connectivity index (χ0v) is 12.2. The molecule has 0 aliphatic rings. The van der Waals surface area contributed by atoms with Crippen LogP contribution < -0.4 is 10.6 Å². The van der Waals surface area contributed by atoms with E-state index < -0.39 is 0 Å². The van der Waals surface area contributed by atoms with Gasteiger partial charge in [-0.3, -0.25) is 4.79 Å². The van der Waals surface area contributed by atoms with Gasteiger partial charge in [-0.2, -0.15) is 0 Å². The van der Waals surface area contributed by atoms with Gasteiger partial charge in [-0.05, 0) is 52.7 Å². The number of aryl methyl sites for hydroxylation is 1. The maximum atomic E-state index is 12.0. The molecule has 2 rings (SSSR count). The van der Waals surface area contributed by atoms with Crippen molar-refractivity contribution in [3.05, 3.63) is 46.1 Å². The van der Waals surface area contributed by atoms with Crippen LogP contribution in [0.4, 0.5) is 11.5 Å². The zero-order chi connectivity index (χ0) is 13.8. The van der Waals surface area contributed by atoms with Crippen LogP contribution in [-0.4, -0.2) is 23.2 Å². The van der Waals surface area contributed by atoms with Crippen LogP contribution in [0.5, 0.6) is 0 Å². The Morgan fingerprint density at radius 2 is 2.00 bits per heavy atom. The maximum Gasteiger partial charge on any atom is 0.276 e. The fraction of sp³-hybridized carbons (Fsp3) is 0.154. The molecule has 0 aliphatic carbocycles. The molecule has 0 aliphatic heterocycles. The van der Waals surface area contributed by atoms with Crippen molar-refractivity contribution in [2.75, 3.05) is 17.7 Å². The highest BCUT2D eigenvalue weighted by atomic mass is 79.9. The summed E-state index contributed by atoms with van der Waals surface area (Å²) in [6, 6.07) is 9.06. The van der Waals surface area contributed by atoms with Crippen molar-refractivity contribution in [2.45, 2.75) is 6.92 Å². The molecule has 1 aromatic carbocycles. The SMILES string of the molecule is CNc1ccc(C(=O)Nc2cc(C)ccc2Br)nn1. The lowest BCUT2D eigenvalue weighted by Crippen LogP contribution is -2.15. The molecule has 0 bridgehead atoms. The second kappa shape index (κ2) is 5.79. The molecule has 0 unspecified atom stereocenters. The Balaban J connectivity index is 2.18. The quantitative estimate of drug-likeness (QED) is 0.912. The third-order valence-electron chi connectivity index (χ3n) is 2.52. The summed E-state index contributed by atoms with van der Waals surface area (Å²) in [5, 5.41) is 13.4. The van der Waals surface area contributed by atoms with Crippen LogP contribution in [-0.2, 0) is 0 Å². The van der Waals surface area contributed by atoms with Gasteiger partial charge in [-0.15, -0.1) is 10.2 Å². The fourth-order valence-corrected chi connectivity index (χ4v) is 1.85. The highest BCUT2D eigenvalue weighted by molar-refractivity contribution is 9.10. The standard InChI is InChI=1S/C13H13BrN4O/c1-8-3-4-9(14)11(7-8)16-13(19)10-5-6-12(15-2)18-17-10/h3-7H,1-2H3,(H,15,18)(H,16,19). The van der Waals surface area contributed by atoms with Gasteiger partial charge in [0.1, 0.15) is 5.82 Å². The first-order chi connectivity index (χ1) is 9.10. The van der Waals surface area contributed by atoms with Crippen molar-refractivity contribution in [1.82, 2.24) is 10.2 Å². The molecule has 0 saturated heterocycles. The number of nitrogens with zero attached hydrogens (tertiary/aromatic N) is 2. The van der Waals surface area contributed by atoms with Crippen LogP contribution in [0.1, 0.15) is 16.1 Å². The topological polar surface area (TPSA) is 66.9 Å². The average Bonchev–Trinajstić information content (AvgIpc) is 2.43. The highest BCUT2D eigenvalue weighted by Crippen LogP contribution is 2.23. The number of rotatable bonds is 3. The fourth-order valence-electron chi connectivity index (χ4n) is 1.51. The molecule has 98 valence electrons. The Labute approximate surface area is 119 Å². The van der Waals surface area contributed by atoms with Crippen LogP contribution in [0.15, 0.2) is 34.8 Å². The summed E-state index contributed by atoms with van der Waals surface area (Å²) in [6.07, 6.45) is 0. The molecule has 0 saturated carbocycles. The highest BCUT2D eigenvalue weighted by Gasteiger charge is 2.10. The third-order valence-corrected chi connectivity index (χ3v) is 3.21. The number of amides is 1. The monoisotopic (exact) mass is 320 g/mol. The van der Waals surface area contributed by atoms with E-state index in [1.807, 2.05) is 25.1 Å². The number of aromatic nitrogens is 2. The molecule has 1 heterocycles. The van der Waals surface area contributed by atoms with E-state index in [-0.39, 0.29) is 11.6 Å². The van der Waals surface area contributed by atoms with Crippen molar-refractivity contribution in [1.29, 1.82) is 0 Å². The minimum Gasteiger partial charge on any atom is -0.372 e. The molecule has 0 spiro atoms. The summed E-state index contributed by atoms with van der Waals surface area (Å²) in [4.78, 5) is 12.0. The van der Waals surface area contributed by atoms with Gasteiger partial charge < -0.3 is 10.6 Å². The van der Waals surface area contributed by atoms with Crippen LogP contribution >= 0.6 is 15.9 Å². The molecule has 2 aromatic rings. The summed E-state index contributed by atoms with van der Waals surface area (Å²) < 4.78 is 0.825. The zero-order valence-electron chi connectivity index (χ0n) is 10.6. The second-order valence-electron chi connectivity index (χ2n) is 3.99. The minimum atomic E-state index is -0.290. The molecular formula is C13H13BrN4O. The number of hydrogen-bond donors (Lipinski definition) is 2. The van der Waals surface area contributed by atoms with E-state index in [2.05, 4.69) is 36.8 Å². The van der Waals surface area contributed by atoms with E-state index in [0.29, 0.717) is 11.5 Å². The van der Waals surface area contributed by atoms with Crippen molar-refractivity contribution in [2.24, 2.45) is 0 Å². The lowest BCUT2D eigenvalue weighted by Gasteiger charge is -2.08. The summed E-state index contributed by atoms with van der Waals surface area (Å²) in [5.41, 5.74) is 2.05. The van der Waals surface area contributed by atoms with Crippen molar-refractivity contribution in [3.63, 3.8) is 0 Å². The summed E-state index contributed by atoms with van der Waals surface area (Å²) >= 11 is 3.39. The van der Waals surface area contributed by atoms with Crippen molar-refractivity contribution >= 4 is 33.3 Å². The first-order valence-electron chi connectivity index (χ1n) is 5.69. The number of carbonyl (C=O) groups excluding carboxylic acids is 1. The van der Waals surface area contributed by atoms with Crippen molar-refractivity contribution < 1.29 is 4.79 Å². The minimum absolute atomic E-state index is 0.271.